The molecule has 0 aliphatic heterocycles. The Morgan fingerprint density at radius 2 is 1.76 bits per heavy atom. The molecule has 5 aromatic rings. The number of benzene rings is 2. The molecular weight excluding hydrogens is 431 g/mol. The smallest absolute Gasteiger partial charge is 0.235 e. The molecule has 144 valence electrons. The van der Waals surface area contributed by atoms with Crippen LogP contribution in [0.5, 0.6) is 5.75 Å². The molecule has 7 nitrogen and oxygen atoms in total. The number of aromatic nitrogens is 6. The van der Waals surface area contributed by atoms with Crippen LogP contribution < -0.4 is 4.74 Å². The Bertz CT molecular complexity index is 1320. The van der Waals surface area contributed by atoms with Crippen molar-refractivity contribution in [2.24, 2.45) is 0 Å². The molecule has 1 N–H and O–H groups in total. The van der Waals surface area contributed by atoms with Gasteiger partial charge >= 0.3 is 0 Å². The molecule has 0 aliphatic rings. The molecular formula is C19H12Cl2N6OS. The van der Waals surface area contributed by atoms with Gasteiger partial charge in [0.2, 0.25) is 10.8 Å². The topological polar surface area (TPSA) is 81.0 Å². The summed E-state index contributed by atoms with van der Waals surface area (Å²) >= 11 is 13.6. The zero-order valence-electron chi connectivity index (χ0n) is 14.9. The van der Waals surface area contributed by atoms with Crippen molar-refractivity contribution in [2.75, 3.05) is 7.11 Å². The van der Waals surface area contributed by atoms with Crippen LogP contribution in [0, 0.1) is 0 Å². The molecule has 0 fully saturated rings. The summed E-state index contributed by atoms with van der Waals surface area (Å²) in [6, 6.07) is 15.0. The van der Waals surface area contributed by atoms with Gasteiger partial charge in [-0.15, -0.1) is 10.2 Å². The van der Waals surface area contributed by atoms with Crippen molar-refractivity contribution in [3.8, 4) is 39.1 Å². The van der Waals surface area contributed by atoms with Crippen molar-refractivity contribution >= 4 is 39.5 Å². The molecule has 0 spiro atoms. The van der Waals surface area contributed by atoms with E-state index in [-0.39, 0.29) is 0 Å². The first kappa shape index (κ1) is 18.1. The molecule has 0 aliphatic carbocycles. The fourth-order valence-corrected chi connectivity index (χ4v) is 4.01. The SMILES string of the molecule is COc1ccc(-c2cc(-c3nnc4sc(-c5ccc(Cl)c(Cl)c5)nn34)[nH]n2)cc1. The van der Waals surface area contributed by atoms with Crippen LogP contribution >= 0.6 is 34.5 Å². The Morgan fingerprint density at radius 3 is 2.52 bits per heavy atom. The Labute approximate surface area is 178 Å². The average molecular weight is 443 g/mol. The van der Waals surface area contributed by atoms with Crippen LogP contribution in [0.4, 0.5) is 0 Å². The Hall–Kier alpha value is -2.94. The molecule has 0 bridgehead atoms. The van der Waals surface area contributed by atoms with Crippen LogP contribution in [0.15, 0.2) is 48.5 Å². The Kier molecular flexibility index (Phi) is 4.46. The number of aromatic amines is 1. The van der Waals surface area contributed by atoms with Crippen LogP contribution in [0.25, 0.3) is 38.3 Å². The number of halogens is 2. The highest BCUT2D eigenvalue weighted by Crippen LogP contribution is 2.32. The zero-order chi connectivity index (χ0) is 20.0. The Balaban J connectivity index is 1.51. The molecule has 3 aromatic heterocycles. The first-order valence-corrected chi connectivity index (χ1v) is 10.1. The lowest BCUT2D eigenvalue weighted by molar-refractivity contribution is 0.415. The molecule has 0 saturated heterocycles. The molecule has 0 unspecified atom stereocenters. The largest absolute Gasteiger partial charge is 0.497 e. The van der Waals surface area contributed by atoms with E-state index in [1.807, 2.05) is 36.4 Å². The van der Waals surface area contributed by atoms with Crippen LogP contribution in [0.1, 0.15) is 0 Å². The highest BCUT2D eigenvalue weighted by molar-refractivity contribution is 7.19. The van der Waals surface area contributed by atoms with Gasteiger partial charge < -0.3 is 4.74 Å². The second-order valence-corrected chi connectivity index (χ2v) is 7.92. The molecule has 3 heterocycles. The average Bonchev–Trinajstić information content (AvgIpc) is 3.45. The van der Waals surface area contributed by atoms with E-state index < -0.39 is 0 Å². The van der Waals surface area contributed by atoms with E-state index in [0.717, 1.165) is 27.6 Å². The van der Waals surface area contributed by atoms with Crippen molar-refractivity contribution in [2.45, 2.75) is 0 Å². The highest BCUT2D eigenvalue weighted by atomic mass is 35.5. The van der Waals surface area contributed by atoms with Crippen molar-refractivity contribution in [1.82, 2.24) is 30.0 Å². The van der Waals surface area contributed by atoms with Gasteiger partial charge in [0, 0.05) is 11.1 Å². The number of ether oxygens (including phenoxy) is 1. The van der Waals surface area contributed by atoms with Crippen LogP contribution in [0.2, 0.25) is 10.0 Å². The summed E-state index contributed by atoms with van der Waals surface area (Å²) in [5.74, 6) is 1.37. The minimum atomic E-state index is 0.480. The lowest BCUT2D eigenvalue weighted by Gasteiger charge is -1.99. The number of nitrogens with zero attached hydrogens (tertiary/aromatic N) is 5. The van der Waals surface area contributed by atoms with Gasteiger partial charge in [-0.3, -0.25) is 5.10 Å². The third-order valence-electron chi connectivity index (χ3n) is 4.36. The molecule has 2 aromatic carbocycles. The second kappa shape index (κ2) is 7.14. The molecule has 5 rings (SSSR count). The van der Waals surface area contributed by atoms with E-state index in [1.165, 1.54) is 11.3 Å². The quantitative estimate of drug-likeness (QED) is 0.412. The first-order chi connectivity index (χ1) is 14.1. The predicted molar refractivity (Wildman–Crippen MR) is 114 cm³/mol. The van der Waals surface area contributed by atoms with E-state index in [4.69, 9.17) is 27.9 Å². The lowest BCUT2D eigenvalue weighted by atomic mass is 10.1. The second-order valence-electron chi connectivity index (χ2n) is 6.15. The van der Waals surface area contributed by atoms with Gasteiger partial charge in [-0.05, 0) is 42.5 Å². The summed E-state index contributed by atoms with van der Waals surface area (Å²) in [7, 11) is 1.64. The van der Waals surface area contributed by atoms with Crippen molar-refractivity contribution in [3.63, 3.8) is 0 Å². The molecule has 0 atom stereocenters. The van der Waals surface area contributed by atoms with E-state index in [9.17, 15) is 0 Å². The highest BCUT2D eigenvalue weighted by Gasteiger charge is 2.17. The number of hydrogen-bond acceptors (Lipinski definition) is 6. The van der Waals surface area contributed by atoms with Gasteiger partial charge in [-0.2, -0.15) is 14.7 Å². The minimum absolute atomic E-state index is 0.480. The Morgan fingerprint density at radius 1 is 0.966 bits per heavy atom. The molecule has 0 radical (unpaired) electrons. The van der Waals surface area contributed by atoms with Crippen LogP contribution in [0.3, 0.4) is 0 Å². The number of nitrogens with one attached hydrogen (secondary N) is 1. The maximum atomic E-state index is 6.13. The van der Waals surface area contributed by atoms with E-state index in [0.29, 0.717) is 26.5 Å². The van der Waals surface area contributed by atoms with Crippen LogP contribution in [-0.2, 0) is 0 Å². The number of rotatable bonds is 4. The number of fused-ring (bicyclic) bond motifs is 1. The third-order valence-corrected chi connectivity index (χ3v) is 6.05. The molecule has 0 saturated carbocycles. The third kappa shape index (κ3) is 3.25. The summed E-state index contributed by atoms with van der Waals surface area (Å²) in [6.07, 6.45) is 0. The molecule has 10 heteroatoms. The molecule has 0 amide bonds. The maximum absolute atomic E-state index is 6.13. The summed E-state index contributed by atoms with van der Waals surface area (Å²) in [4.78, 5) is 0.668. The van der Waals surface area contributed by atoms with Gasteiger partial charge in [0.05, 0.1) is 22.8 Å². The number of H-pyrrole nitrogens is 1. The van der Waals surface area contributed by atoms with E-state index in [2.05, 4.69) is 25.5 Å². The number of methoxy groups -OCH3 is 1. The summed E-state index contributed by atoms with van der Waals surface area (Å²) in [6.45, 7) is 0. The predicted octanol–water partition coefficient (Wildman–Crippen LogP) is 5.23. The van der Waals surface area contributed by atoms with Gasteiger partial charge in [-0.25, -0.2) is 0 Å². The summed E-state index contributed by atoms with van der Waals surface area (Å²) in [5.41, 5.74) is 3.34. The number of hydrogen-bond donors (Lipinski definition) is 1. The standard InChI is InChI=1S/C19H12Cl2N6OS/c1-28-12-5-2-10(3-6-12)15-9-16(23-22-15)17-24-25-19-27(17)26-18(29-19)11-4-7-13(20)14(21)8-11/h2-9H,1H3,(H,22,23). The van der Waals surface area contributed by atoms with E-state index in [1.54, 1.807) is 23.8 Å². The van der Waals surface area contributed by atoms with Crippen molar-refractivity contribution in [3.05, 3.63) is 58.6 Å². The van der Waals surface area contributed by atoms with E-state index >= 15 is 0 Å². The minimum Gasteiger partial charge on any atom is -0.497 e. The van der Waals surface area contributed by atoms with Gasteiger partial charge in [0.15, 0.2) is 0 Å². The fraction of sp³-hybridized carbons (Fsp3) is 0.0526. The fourth-order valence-electron chi connectivity index (χ4n) is 2.88. The molecule has 29 heavy (non-hydrogen) atoms. The van der Waals surface area contributed by atoms with Crippen molar-refractivity contribution < 1.29 is 4.74 Å². The summed E-state index contributed by atoms with van der Waals surface area (Å²) in [5, 5.41) is 22.3. The van der Waals surface area contributed by atoms with Gasteiger partial charge in [0.1, 0.15) is 16.5 Å². The summed E-state index contributed by atoms with van der Waals surface area (Å²) < 4.78 is 6.89. The normalized spacial score (nSPS) is 11.3. The maximum Gasteiger partial charge on any atom is 0.235 e. The lowest BCUT2D eigenvalue weighted by Crippen LogP contribution is -1.91. The van der Waals surface area contributed by atoms with Gasteiger partial charge in [-0.1, -0.05) is 40.6 Å². The monoisotopic (exact) mass is 442 g/mol. The first-order valence-electron chi connectivity index (χ1n) is 8.50. The van der Waals surface area contributed by atoms with Crippen molar-refractivity contribution in [1.29, 1.82) is 0 Å². The van der Waals surface area contributed by atoms with Gasteiger partial charge in [0.25, 0.3) is 0 Å². The zero-order valence-corrected chi connectivity index (χ0v) is 17.3. The van der Waals surface area contributed by atoms with Crippen LogP contribution in [-0.4, -0.2) is 37.1 Å².